The molecule has 2 rings (SSSR count). The van der Waals surface area contributed by atoms with Crippen LogP contribution in [0.1, 0.15) is 19.2 Å². The highest BCUT2D eigenvalue weighted by Crippen LogP contribution is 2.18. The van der Waals surface area contributed by atoms with Gasteiger partial charge in [-0.25, -0.2) is 4.98 Å². The predicted molar refractivity (Wildman–Crippen MR) is 63.8 cm³/mol. The van der Waals surface area contributed by atoms with Crippen molar-refractivity contribution in [1.29, 1.82) is 0 Å². The maximum absolute atomic E-state index is 9.18. The molecule has 1 unspecified atom stereocenters. The number of rotatable bonds is 3. The molecule has 80 valence electrons. The maximum Gasteiger partial charge on any atom is 0.107 e. The Balaban J connectivity index is 2.23. The summed E-state index contributed by atoms with van der Waals surface area (Å²) >= 11 is 3.42. The molecule has 15 heavy (non-hydrogen) atoms. The number of hydrogen-bond donors (Lipinski definition) is 2. The standard InChI is InChI=1S/C11H13BrN2O/c1-7(15)2-5-11-13-9-4-3-8(12)6-10(9)14-11/h3-4,6-7,15H,2,5H2,1H3,(H,13,14). The van der Waals surface area contributed by atoms with Crippen molar-refractivity contribution in [3.05, 3.63) is 28.5 Å². The number of nitrogens with zero attached hydrogens (tertiary/aromatic N) is 1. The molecule has 1 aromatic carbocycles. The van der Waals surface area contributed by atoms with E-state index in [1.807, 2.05) is 18.2 Å². The second-order valence-electron chi connectivity index (χ2n) is 3.73. The van der Waals surface area contributed by atoms with Crippen molar-refractivity contribution < 1.29 is 5.11 Å². The van der Waals surface area contributed by atoms with Gasteiger partial charge in [0.1, 0.15) is 5.82 Å². The van der Waals surface area contributed by atoms with Gasteiger partial charge in [0.05, 0.1) is 17.1 Å². The van der Waals surface area contributed by atoms with Gasteiger partial charge in [0.15, 0.2) is 0 Å². The monoisotopic (exact) mass is 268 g/mol. The number of aliphatic hydroxyl groups is 1. The van der Waals surface area contributed by atoms with Crippen LogP contribution < -0.4 is 0 Å². The lowest BCUT2D eigenvalue weighted by atomic mass is 10.2. The van der Waals surface area contributed by atoms with Crippen LogP contribution in [0.3, 0.4) is 0 Å². The van der Waals surface area contributed by atoms with E-state index in [1.54, 1.807) is 6.92 Å². The minimum absolute atomic E-state index is 0.273. The van der Waals surface area contributed by atoms with Gasteiger partial charge in [-0.2, -0.15) is 0 Å². The lowest BCUT2D eigenvalue weighted by Gasteiger charge is -1.99. The molecule has 0 saturated heterocycles. The molecule has 2 aromatic rings. The van der Waals surface area contributed by atoms with Crippen molar-refractivity contribution in [2.45, 2.75) is 25.9 Å². The number of nitrogens with one attached hydrogen (secondary N) is 1. The van der Waals surface area contributed by atoms with Crippen LogP contribution in [0.25, 0.3) is 11.0 Å². The van der Waals surface area contributed by atoms with Crippen LogP contribution in [-0.2, 0) is 6.42 Å². The van der Waals surface area contributed by atoms with Crippen molar-refractivity contribution in [2.75, 3.05) is 0 Å². The molecule has 1 aromatic heterocycles. The SMILES string of the molecule is CC(O)CCc1nc2ccc(Br)cc2[nH]1. The van der Waals surface area contributed by atoms with Crippen molar-refractivity contribution in [2.24, 2.45) is 0 Å². The summed E-state index contributed by atoms with van der Waals surface area (Å²) in [7, 11) is 0. The summed E-state index contributed by atoms with van der Waals surface area (Å²) < 4.78 is 1.04. The number of H-pyrrole nitrogens is 1. The van der Waals surface area contributed by atoms with E-state index in [1.165, 1.54) is 0 Å². The van der Waals surface area contributed by atoms with Gasteiger partial charge in [-0.3, -0.25) is 0 Å². The van der Waals surface area contributed by atoms with Crippen LogP contribution in [0.5, 0.6) is 0 Å². The molecule has 0 aliphatic rings. The van der Waals surface area contributed by atoms with Crippen molar-refractivity contribution in [3.63, 3.8) is 0 Å². The molecular weight excluding hydrogens is 256 g/mol. The number of fused-ring (bicyclic) bond motifs is 1. The first-order valence-electron chi connectivity index (χ1n) is 4.97. The van der Waals surface area contributed by atoms with Crippen molar-refractivity contribution in [1.82, 2.24) is 9.97 Å². The normalized spacial score (nSPS) is 13.3. The zero-order chi connectivity index (χ0) is 10.8. The van der Waals surface area contributed by atoms with Crippen molar-refractivity contribution >= 4 is 27.0 Å². The average Bonchev–Trinajstić information content (AvgIpc) is 2.56. The summed E-state index contributed by atoms with van der Waals surface area (Å²) in [4.78, 5) is 7.68. The molecule has 1 atom stereocenters. The Bertz CT molecular complexity index is 465. The molecule has 0 radical (unpaired) electrons. The molecule has 0 aliphatic heterocycles. The number of hydrogen-bond acceptors (Lipinski definition) is 2. The summed E-state index contributed by atoms with van der Waals surface area (Å²) in [5.74, 6) is 0.934. The fraction of sp³-hybridized carbons (Fsp3) is 0.364. The number of halogens is 1. The molecule has 0 amide bonds. The smallest absolute Gasteiger partial charge is 0.107 e. The Hall–Kier alpha value is -0.870. The first kappa shape index (κ1) is 10.6. The summed E-state index contributed by atoms with van der Waals surface area (Å²) in [5, 5.41) is 9.18. The third kappa shape index (κ3) is 2.58. The quantitative estimate of drug-likeness (QED) is 0.899. The lowest BCUT2D eigenvalue weighted by molar-refractivity contribution is 0.184. The number of aliphatic hydroxyl groups excluding tert-OH is 1. The fourth-order valence-corrected chi connectivity index (χ4v) is 1.86. The van der Waals surface area contributed by atoms with Crippen LogP contribution in [0, 0.1) is 0 Å². The van der Waals surface area contributed by atoms with Crippen LogP contribution >= 0.6 is 15.9 Å². The van der Waals surface area contributed by atoms with Crippen LogP contribution in [0.15, 0.2) is 22.7 Å². The predicted octanol–water partition coefficient (Wildman–Crippen LogP) is 2.64. The molecule has 0 aliphatic carbocycles. The Morgan fingerprint density at radius 1 is 1.53 bits per heavy atom. The minimum atomic E-state index is -0.273. The van der Waals surface area contributed by atoms with Gasteiger partial charge in [-0.05, 0) is 31.5 Å². The van der Waals surface area contributed by atoms with Gasteiger partial charge in [-0.15, -0.1) is 0 Å². The van der Waals surface area contributed by atoms with E-state index in [0.717, 1.165) is 34.2 Å². The molecule has 3 nitrogen and oxygen atoms in total. The number of aromatic nitrogens is 2. The van der Waals surface area contributed by atoms with Gasteiger partial charge in [0.25, 0.3) is 0 Å². The summed E-state index contributed by atoms with van der Waals surface area (Å²) in [6, 6.07) is 5.96. The Kier molecular flexibility index (Phi) is 3.07. The topological polar surface area (TPSA) is 48.9 Å². The second-order valence-corrected chi connectivity index (χ2v) is 4.65. The van der Waals surface area contributed by atoms with Gasteiger partial charge in [0.2, 0.25) is 0 Å². The van der Waals surface area contributed by atoms with Crippen molar-refractivity contribution in [3.8, 4) is 0 Å². The van der Waals surface area contributed by atoms with E-state index in [4.69, 9.17) is 0 Å². The highest BCUT2D eigenvalue weighted by molar-refractivity contribution is 9.10. The molecule has 0 spiro atoms. The molecule has 4 heteroatoms. The van der Waals surface area contributed by atoms with E-state index in [2.05, 4.69) is 25.9 Å². The third-order valence-corrected chi connectivity index (χ3v) is 2.79. The highest BCUT2D eigenvalue weighted by atomic mass is 79.9. The molecule has 1 heterocycles. The second kappa shape index (κ2) is 4.33. The minimum Gasteiger partial charge on any atom is -0.393 e. The molecule has 0 bridgehead atoms. The zero-order valence-corrected chi connectivity index (χ0v) is 10.1. The highest BCUT2D eigenvalue weighted by Gasteiger charge is 2.04. The van der Waals surface area contributed by atoms with E-state index < -0.39 is 0 Å². The molecule has 2 N–H and O–H groups in total. The summed E-state index contributed by atoms with van der Waals surface area (Å²) in [6.07, 6.45) is 1.25. The summed E-state index contributed by atoms with van der Waals surface area (Å²) in [6.45, 7) is 1.79. The van der Waals surface area contributed by atoms with Gasteiger partial charge in [-0.1, -0.05) is 15.9 Å². The Morgan fingerprint density at radius 3 is 3.07 bits per heavy atom. The largest absolute Gasteiger partial charge is 0.393 e. The number of aryl methyl sites for hydroxylation is 1. The van der Waals surface area contributed by atoms with Crippen LogP contribution in [0.2, 0.25) is 0 Å². The van der Waals surface area contributed by atoms with Gasteiger partial charge < -0.3 is 10.1 Å². The van der Waals surface area contributed by atoms with Crippen LogP contribution in [0.4, 0.5) is 0 Å². The Morgan fingerprint density at radius 2 is 2.33 bits per heavy atom. The first-order chi connectivity index (χ1) is 7.15. The molecule has 0 fully saturated rings. The van der Waals surface area contributed by atoms with Crippen LogP contribution in [-0.4, -0.2) is 21.2 Å². The Labute approximate surface area is 96.7 Å². The van der Waals surface area contributed by atoms with E-state index in [9.17, 15) is 5.11 Å². The van der Waals surface area contributed by atoms with Gasteiger partial charge in [0, 0.05) is 10.9 Å². The van der Waals surface area contributed by atoms with E-state index >= 15 is 0 Å². The summed E-state index contributed by atoms with van der Waals surface area (Å²) in [5.41, 5.74) is 2.00. The lowest BCUT2D eigenvalue weighted by Crippen LogP contribution is -2.02. The average molecular weight is 269 g/mol. The number of benzene rings is 1. The number of aromatic amines is 1. The third-order valence-electron chi connectivity index (χ3n) is 2.29. The first-order valence-corrected chi connectivity index (χ1v) is 5.76. The molecular formula is C11H13BrN2O. The van der Waals surface area contributed by atoms with E-state index in [-0.39, 0.29) is 6.10 Å². The maximum atomic E-state index is 9.18. The zero-order valence-electron chi connectivity index (χ0n) is 8.50. The van der Waals surface area contributed by atoms with E-state index in [0.29, 0.717) is 0 Å². The molecule has 0 saturated carbocycles. The number of imidazole rings is 1. The van der Waals surface area contributed by atoms with Gasteiger partial charge >= 0.3 is 0 Å². The fourth-order valence-electron chi connectivity index (χ4n) is 1.50.